The Balaban J connectivity index is 2.02. The minimum Gasteiger partial charge on any atom is -0.494 e. The summed E-state index contributed by atoms with van der Waals surface area (Å²) in [5, 5.41) is 3.56. The van der Waals surface area contributed by atoms with E-state index in [0.717, 1.165) is 24.8 Å². The van der Waals surface area contributed by atoms with Crippen LogP contribution in [0.3, 0.4) is 0 Å². The second-order valence-electron chi connectivity index (χ2n) is 5.48. The van der Waals surface area contributed by atoms with Crippen molar-refractivity contribution >= 4 is 0 Å². The molecule has 2 rings (SSSR count). The third kappa shape index (κ3) is 3.05. The molecule has 1 aromatic rings. The van der Waals surface area contributed by atoms with E-state index >= 15 is 0 Å². The van der Waals surface area contributed by atoms with E-state index in [4.69, 9.17) is 4.74 Å². The number of para-hydroxylation sites is 1. The van der Waals surface area contributed by atoms with E-state index in [1.807, 2.05) is 0 Å². The van der Waals surface area contributed by atoms with Crippen molar-refractivity contribution in [3.8, 4) is 5.75 Å². The zero-order valence-corrected chi connectivity index (χ0v) is 11.8. The molecular formula is C16H25NO. The maximum absolute atomic E-state index is 5.75. The van der Waals surface area contributed by atoms with Crippen LogP contribution in [0, 0.1) is 5.92 Å². The summed E-state index contributed by atoms with van der Waals surface area (Å²) in [7, 11) is 0. The van der Waals surface area contributed by atoms with Crippen LogP contribution in [0.15, 0.2) is 24.3 Å². The zero-order valence-electron chi connectivity index (χ0n) is 11.8. The Morgan fingerprint density at radius 3 is 2.67 bits per heavy atom. The Morgan fingerprint density at radius 2 is 2.06 bits per heavy atom. The summed E-state index contributed by atoms with van der Waals surface area (Å²) in [6, 6.07) is 9.10. The lowest BCUT2D eigenvalue weighted by Crippen LogP contribution is -2.36. The first kappa shape index (κ1) is 13.4. The predicted octanol–water partition coefficient (Wildman–Crippen LogP) is 3.58. The van der Waals surface area contributed by atoms with Crippen molar-refractivity contribution in [3.63, 3.8) is 0 Å². The summed E-state index contributed by atoms with van der Waals surface area (Å²) < 4.78 is 5.75. The van der Waals surface area contributed by atoms with Crippen molar-refractivity contribution < 1.29 is 4.74 Å². The first-order valence-corrected chi connectivity index (χ1v) is 7.17. The molecule has 2 atom stereocenters. The van der Waals surface area contributed by atoms with Crippen LogP contribution in [0.2, 0.25) is 0 Å². The molecule has 0 aromatic heterocycles. The van der Waals surface area contributed by atoms with Gasteiger partial charge < -0.3 is 10.1 Å². The number of hydrogen-bond acceptors (Lipinski definition) is 2. The molecule has 1 aliphatic carbocycles. The van der Waals surface area contributed by atoms with Gasteiger partial charge in [0.25, 0.3) is 0 Å². The first-order valence-electron chi connectivity index (χ1n) is 7.17. The second-order valence-corrected chi connectivity index (χ2v) is 5.48. The van der Waals surface area contributed by atoms with E-state index < -0.39 is 0 Å². The number of hydrogen-bond donors (Lipinski definition) is 1. The number of benzene rings is 1. The van der Waals surface area contributed by atoms with E-state index in [1.54, 1.807) is 0 Å². The highest BCUT2D eigenvalue weighted by Crippen LogP contribution is 2.45. The molecule has 0 bridgehead atoms. The van der Waals surface area contributed by atoms with Crippen molar-refractivity contribution in [2.24, 2.45) is 5.92 Å². The van der Waals surface area contributed by atoms with Gasteiger partial charge >= 0.3 is 0 Å². The van der Waals surface area contributed by atoms with E-state index in [-0.39, 0.29) is 0 Å². The SMILES string of the molecule is CCOc1ccccc1C1CCC1CNC(C)C. The van der Waals surface area contributed by atoms with Gasteiger partial charge in [0, 0.05) is 6.04 Å². The van der Waals surface area contributed by atoms with Crippen LogP contribution in [-0.2, 0) is 0 Å². The van der Waals surface area contributed by atoms with Crippen LogP contribution in [0.5, 0.6) is 5.75 Å². The molecule has 18 heavy (non-hydrogen) atoms. The summed E-state index contributed by atoms with van der Waals surface area (Å²) in [5.74, 6) is 2.53. The Kier molecular flexibility index (Phi) is 4.65. The maximum atomic E-state index is 5.75. The standard InChI is InChI=1S/C16H25NO/c1-4-18-16-8-6-5-7-15(16)14-10-9-13(14)11-17-12(2)3/h5-8,12-14,17H,4,9-11H2,1-3H3. The van der Waals surface area contributed by atoms with Gasteiger partial charge in [-0.3, -0.25) is 0 Å². The van der Waals surface area contributed by atoms with Crippen molar-refractivity contribution in [1.29, 1.82) is 0 Å². The average Bonchev–Trinajstić information content (AvgIpc) is 2.30. The third-order valence-electron chi connectivity index (χ3n) is 3.82. The molecule has 2 heteroatoms. The van der Waals surface area contributed by atoms with Gasteiger partial charge in [0.05, 0.1) is 6.61 Å². The fourth-order valence-electron chi connectivity index (χ4n) is 2.68. The Hall–Kier alpha value is -1.02. The molecule has 100 valence electrons. The Bertz CT molecular complexity index is 375. The fraction of sp³-hybridized carbons (Fsp3) is 0.625. The molecule has 0 radical (unpaired) electrons. The van der Waals surface area contributed by atoms with Crippen LogP contribution in [-0.4, -0.2) is 19.2 Å². The van der Waals surface area contributed by atoms with Crippen LogP contribution in [0.1, 0.15) is 45.1 Å². The minimum absolute atomic E-state index is 0.577. The molecule has 1 saturated carbocycles. The minimum atomic E-state index is 0.577. The van der Waals surface area contributed by atoms with E-state index in [1.165, 1.54) is 18.4 Å². The van der Waals surface area contributed by atoms with Crippen LogP contribution in [0.25, 0.3) is 0 Å². The van der Waals surface area contributed by atoms with Gasteiger partial charge in [0.15, 0.2) is 0 Å². The summed E-state index contributed by atoms with van der Waals surface area (Å²) in [6.45, 7) is 8.35. The van der Waals surface area contributed by atoms with Gasteiger partial charge in [0.1, 0.15) is 5.75 Å². The number of nitrogens with one attached hydrogen (secondary N) is 1. The third-order valence-corrected chi connectivity index (χ3v) is 3.82. The molecule has 1 aliphatic rings. The Labute approximate surface area is 111 Å². The molecule has 2 unspecified atom stereocenters. The second kappa shape index (κ2) is 6.24. The highest BCUT2D eigenvalue weighted by Gasteiger charge is 2.33. The van der Waals surface area contributed by atoms with Crippen LogP contribution >= 0.6 is 0 Å². The summed E-state index contributed by atoms with van der Waals surface area (Å²) >= 11 is 0. The van der Waals surface area contributed by atoms with E-state index in [9.17, 15) is 0 Å². The van der Waals surface area contributed by atoms with Gasteiger partial charge in [-0.15, -0.1) is 0 Å². The van der Waals surface area contributed by atoms with E-state index in [0.29, 0.717) is 12.0 Å². The smallest absolute Gasteiger partial charge is 0.122 e. The molecule has 0 spiro atoms. The summed E-state index contributed by atoms with van der Waals surface area (Å²) in [4.78, 5) is 0. The molecule has 0 aliphatic heterocycles. The highest BCUT2D eigenvalue weighted by atomic mass is 16.5. The van der Waals surface area contributed by atoms with Crippen LogP contribution in [0.4, 0.5) is 0 Å². The summed E-state index contributed by atoms with van der Waals surface area (Å²) in [5.41, 5.74) is 1.40. The molecule has 2 nitrogen and oxygen atoms in total. The van der Waals surface area contributed by atoms with Gasteiger partial charge in [0.2, 0.25) is 0 Å². The monoisotopic (exact) mass is 247 g/mol. The molecule has 1 aromatic carbocycles. The highest BCUT2D eigenvalue weighted by molar-refractivity contribution is 5.38. The first-order chi connectivity index (χ1) is 8.72. The molecule has 0 heterocycles. The van der Waals surface area contributed by atoms with E-state index in [2.05, 4.69) is 50.4 Å². The normalized spacial score (nSPS) is 22.9. The van der Waals surface area contributed by atoms with Crippen molar-refractivity contribution in [1.82, 2.24) is 5.32 Å². The topological polar surface area (TPSA) is 21.3 Å². The van der Waals surface area contributed by atoms with Gasteiger partial charge in [-0.25, -0.2) is 0 Å². The average molecular weight is 247 g/mol. The lowest BCUT2D eigenvalue weighted by molar-refractivity contribution is 0.232. The predicted molar refractivity (Wildman–Crippen MR) is 76.2 cm³/mol. The quantitative estimate of drug-likeness (QED) is 0.829. The van der Waals surface area contributed by atoms with Gasteiger partial charge in [-0.05, 0) is 49.8 Å². The van der Waals surface area contributed by atoms with Gasteiger partial charge in [-0.1, -0.05) is 32.0 Å². The van der Waals surface area contributed by atoms with Crippen molar-refractivity contribution in [3.05, 3.63) is 29.8 Å². The molecular weight excluding hydrogens is 222 g/mol. The number of ether oxygens (including phenoxy) is 1. The lowest BCUT2D eigenvalue weighted by atomic mass is 9.69. The van der Waals surface area contributed by atoms with Crippen LogP contribution < -0.4 is 10.1 Å². The maximum Gasteiger partial charge on any atom is 0.122 e. The molecule has 0 amide bonds. The van der Waals surface area contributed by atoms with Crippen molar-refractivity contribution in [2.45, 2.75) is 45.6 Å². The fourth-order valence-corrected chi connectivity index (χ4v) is 2.68. The van der Waals surface area contributed by atoms with Gasteiger partial charge in [-0.2, -0.15) is 0 Å². The number of rotatable bonds is 6. The zero-order chi connectivity index (χ0) is 13.0. The largest absolute Gasteiger partial charge is 0.494 e. The molecule has 0 saturated heterocycles. The van der Waals surface area contributed by atoms with Crippen molar-refractivity contribution in [2.75, 3.05) is 13.2 Å². The summed E-state index contributed by atoms with van der Waals surface area (Å²) in [6.07, 6.45) is 2.64. The Morgan fingerprint density at radius 1 is 1.28 bits per heavy atom. The lowest BCUT2D eigenvalue weighted by Gasteiger charge is -2.38. The molecule has 1 fully saturated rings. The molecule has 1 N–H and O–H groups in total.